The van der Waals surface area contributed by atoms with Crippen molar-refractivity contribution < 1.29 is 0 Å². The maximum atomic E-state index is 4.48. The Kier molecular flexibility index (Phi) is 3.73. The average Bonchev–Trinajstić information content (AvgIpc) is 3.00. The summed E-state index contributed by atoms with van der Waals surface area (Å²) in [5.74, 6) is 2.33. The van der Waals surface area contributed by atoms with E-state index >= 15 is 0 Å². The number of aryl methyl sites for hydroxylation is 1. The van der Waals surface area contributed by atoms with Gasteiger partial charge in [0.2, 0.25) is 0 Å². The van der Waals surface area contributed by atoms with Gasteiger partial charge in [-0.3, -0.25) is 0 Å². The van der Waals surface area contributed by atoms with Crippen molar-refractivity contribution >= 4 is 17.6 Å². The van der Waals surface area contributed by atoms with Crippen molar-refractivity contribution in [3.05, 3.63) is 17.6 Å². The standard InChI is InChI=1S/C14H21N3S/c1-2-18-13-8-4-7-12(13)17-14-10-5-3-6-11(10)15-9-16-14/h9,12-13H,2-8H2,1H3,(H,15,16,17). The number of thioether (sulfide) groups is 1. The minimum atomic E-state index is 0.606. The minimum absolute atomic E-state index is 0.606. The Bertz CT molecular complexity index is 422. The smallest absolute Gasteiger partial charge is 0.133 e. The Labute approximate surface area is 113 Å². The third-order valence-electron chi connectivity index (χ3n) is 4.03. The molecule has 1 aromatic rings. The highest BCUT2D eigenvalue weighted by Crippen LogP contribution is 2.33. The van der Waals surface area contributed by atoms with Crippen LogP contribution in [0.2, 0.25) is 0 Å². The van der Waals surface area contributed by atoms with E-state index in [1.807, 2.05) is 0 Å². The van der Waals surface area contributed by atoms with E-state index in [0.717, 1.165) is 23.9 Å². The van der Waals surface area contributed by atoms with Crippen LogP contribution in [0.3, 0.4) is 0 Å². The molecule has 3 rings (SSSR count). The fraction of sp³-hybridized carbons (Fsp3) is 0.714. The van der Waals surface area contributed by atoms with Crippen LogP contribution in [0.25, 0.3) is 0 Å². The summed E-state index contributed by atoms with van der Waals surface area (Å²) in [6, 6.07) is 0.606. The van der Waals surface area contributed by atoms with Gasteiger partial charge in [-0.1, -0.05) is 13.3 Å². The van der Waals surface area contributed by atoms with Gasteiger partial charge in [-0.25, -0.2) is 9.97 Å². The molecule has 0 amide bonds. The molecule has 2 aliphatic rings. The van der Waals surface area contributed by atoms with E-state index < -0.39 is 0 Å². The highest BCUT2D eigenvalue weighted by Gasteiger charge is 2.28. The second kappa shape index (κ2) is 5.47. The number of fused-ring (bicyclic) bond motifs is 1. The van der Waals surface area contributed by atoms with Gasteiger partial charge in [-0.2, -0.15) is 11.8 Å². The largest absolute Gasteiger partial charge is 0.366 e. The van der Waals surface area contributed by atoms with Gasteiger partial charge in [0.1, 0.15) is 12.1 Å². The Morgan fingerprint density at radius 1 is 1.28 bits per heavy atom. The molecule has 4 heteroatoms. The lowest BCUT2D eigenvalue weighted by Gasteiger charge is -2.21. The first-order valence-corrected chi connectivity index (χ1v) is 8.14. The topological polar surface area (TPSA) is 37.8 Å². The summed E-state index contributed by atoms with van der Waals surface area (Å²) in [6.07, 6.45) is 9.23. The van der Waals surface area contributed by atoms with E-state index in [2.05, 4.69) is 34.0 Å². The molecule has 1 aromatic heterocycles. The SMILES string of the molecule is CCSC1CCCC1Nc1ncnc2c1CCC2. The molecule has 0 radical (unpaired) electrons. The Hall–Kier alpha value is -0.770. The number of rotatable bonds is 4. The van der Waals surface area contributed by atoms with Crippen LogP contribution in [0.1, 0.15) is 43.9 Å². The molecule has 1 N–H and O–H groups in total. The van der Waals surface area contributed by atoms with Gasteiger partial charge in [0.25, 0.3) is 0 Å². The fourth-order valence-electron chi connectivity index (χ4n) is 3.16. The van der Waals surface area contributed by atoms with Gasteiger partial charge in [0.05, 0.1) is 0 Å². The molecule has 0 saturated heterocycles. The molecule has 1 saturated carbocycles. The molecule has 3 nitrogen and oxygen atoms in total. The number of hydrogen-bond donors (Lipinski definition) is 1. The summed E-state index contributed by atoms with van der Waals surface area (Å²) >= 11 is 2.09. The molecular formula is C14H21N3S. The molecule has 0 spiro atoms. The zero-order valence-electron chi connectivity index (χ0n) is 11.0. The van der Waals surface area contributed by atoms with E-state index in [1.165, 1.54) is 42.7 Å². The van der Waals surface area contributed by atoms with Crippen LogP contribution in [0, 0.1) is 0 Å². The summed E-state index contributed by atoms with van der Waals surface area (Å²) < 4.78 is 0. The molecule has 0 aromatic carbocycles. The summed E-state index contributed by atoms with van der Waals surface area (Å²) in [6.45, 7) is 2.25. The molecule has 1 heterocycles. The zero-order chi connectivity index (χ0) is 12.4. The summed E-state index contributed by atoms with van der Waals surface area (Å²) in [5, 5.41) is 4.47. The van der Waals surface area contributed by atoms with Crippen molar-refractivity contribution in [1.29, 1.82) is 0 Å². The summed E-state index contributed by atoms with van der Waals surface area (Å²) in [7, 11) is 0. The van der Waals surface area contributed by atoms with E-state index in [-0.39, 0.29) is 0 Å². The first kappa shape index (κ1) is 12.3. The zero-order valence-corrected chi connectivity index (χ0v) is 11.8. The number of nitrogens with one attached hydrogen (secondary N) is 1. The predicted molar refractivity (Wildman–Crippen MR) is 77.2 cm³/mol. The van der Waals surface area contributed by atoms with Crippen LogP contribution in [-0.4, -0.2) is 27.0 Å². The van der Waals surface area contributed by atoms with Crippen molar-refractivity contribution in [2.45, 2.75) is 56.7 Å². The summed E-state index contributed by atoms with van der Waals surface area (Å²) in [5.41, 5.74) is 2.65. The van der Waals surface area contributed by atoms with Crippen molar-refractivity contribution in [2.75, 3.05) is 11.1 Å². The molecule has 2 aliphatic carbocycles. The lowest BCUT2D eigenvalue weighted by atomic mass is 10.2. The highest BCUT2D eigenvalue weighted by molar-refractivity contribution is 7.99. The minimum Gasteiger partial charge on any atom is -0.366 e. The van der Waals surface area contributed by atoms with Gasteiger partial charge in [-0.15, -0.1) is 0 Å². The molecule has 98 valence electrons. The monoisotopic (exact) mass is 263 g/mol. The normalized spacial score (nSPS) is 26.3. The molecular weight excluding hydrogens is 242 g/mol. The second-order valence-corrected chi connectivity index (χ2v) is 6.69. The second-order valence-electron chi connectivity index (χ2n) is 5.18. The first-order chi connectivity index (χ1) is 8.88. The van der Waals surface area contributed by atoms with E-state index in [1.54, 1.807) is 6.33 Å². The Balaban J connectivity index is 1.74. The molecule has 0 aliphatic heterocycles. The van der Waals surface area contributed by atoms with Crippen LogP contribution in [0.5, 0.6) is 0 Å². The van der Waals surface area contributed by atoms with Crippen LogP contribution in [0.4, 0.5) is 5.82 Å². The van der Waals surface area contributed by atoms with Crippen molar-refractivity contribution in [1.82, 2.24) is 9.97 Å². The van der Waals surface area contributed by atoms with Crippen molar-refractivity contribution in [3.8, 4) is 0 Å². The molecule has 0 bridgehead atoms. The average molecular weight is 263 g/mol. The van der Waals surface area contributed by atoms with Crippen LogP contribution >= 0.6 is 11.8 Å². The molecule has 1 fully saturated rings. The Morgan fingerprint density at radius 3 is 3.11 bits per heavy atom. The van der Waals surface area contributed by atoms with Gasteiger partial charge in [-0.05, 0) is 37.9 Å². The van der Waals surface area contributed by atoms with E-state index in [4.69, 9.17) is 0 Å². The predicted octanol–water partition coefficient (Wildman–Crippen LogP) is 3.05. The third kappa shape index (κ3) is 2.35. The Morgan fingerprint density at radius 2 is 2.22 bits per heavy atom. The van der Waals surface area contributed by atoms with E-state index in [0.29, 0.717) is 6.04 Å². The third-order valence-corrected chi connectivity index (χ3v) is 5.36. The van der Waals surface area contributed by atoms with Crippen molar-refractivity contribution in [2.24, 2.45) is 0 Å². The number of anilines is 1. The molecule has 2 atom stereocenters. The van der Waals surface area contributed by atoms with Gasteiger partial charge in [0, 0.05) is 22.5 Å². The van der Waals surface area contributed by atoms with Crippen molar-refractivity contribution in [3.63, 3.8) is 0 Å². The maximum absolute atomic E-state index is 4.48. The molecule has 2 unspecified atom stereocenters. The van der Waals surface area contributed by atoms with E-state index in [9.17, 15) is 0 Å². The van der Waals surface area contributed by atoms with Crippen LogP contribution in [-0.2, 0) is 12.8 Å². The maximum Gasteiger partial charge on any atom is 0.133 e. The molecule has 18 heavy (non-hydrogen) atoms. The fourth-order valence-corrected chi connectivity index (χ4v) is 4.36. The highest BCUT2D eigenvalue weighted by atomic mass is 32.2. The van der Waals surface area contributed by atoms with Gasteiger partial charge >= 0.3 is 0 Å². The summed E-state index contributed by atoms with van der Waals surface area (Å²) in [4.78, 5) is 8.87. The van der Waals surface area contributed by atoms with Crippen LogP contribution in [0.15, 0.2) is 6.33 Å². The number of nitrogens with zero attached hydrogens (tertiary/aromatic N) is 2. The van der Waals surface area contributed by atoms with Gasteiger partial charge < -0.3 is 5.32 Å². The van der Waals surface area contributed by atoms with Crippen LogP contribution < -0.4 is 5.32 Å². The number of hydrogen-bond acceptors (Lipinski definition) is 4. The van der Waals surface area contributed by atoms with Gasteiger partial charge in [0.15, 0.2) is 0 Å². The quantitative estimate of drug-likeness (QED) is 0.906. The number of aromatic nitrogens is 2. The lowest BCUT2D eigenvalue weighted by Crippen LogP contribution is -2.27. The lowest BCUT2D eigenvalue weighted by molar-refractivity contribution is 0.758. The first-order valence-electron chi connectivity index (χ1n) is 7.09.